The van der Waals surface area contributed by atoms with E-state index in [9.17, 15) is 18.0 Å². The SMILES string of the molecule is CC(Br)C(=O)c1cccc(SC(F)(F)F)c1CC#N. The molecule has 0 saturated heterocycles. The van der Waals surface area contributed by atoms with Crippen LogP contribution in [-0.4, -0.2) is 16.1 Å². The van der Waals surface area contributed by atoms with Gasteiger partial charge >= 0.3 is 5.51 Å². The number of ketones is 1. The molecule has 0 aliphatic rings. The molecule has 0 N–H and O–H groups in total. The van der Waals surface area contributed by atoms with E-state index in [4.69, 9.17) is 5.26 Å². The van der Waals surface area contributed by atoms with Gasteiger partial charge in [0.05, 0.1) is 17.3 Å². The lowest BCUT2D eigenvalue weighted by Crippen LogP contribution is -2.14. The minimum absolute atomic E-state index is 0.104. The van der Waals surface area contributed by atoms with E-state index < -0.39 is 10.3 Å². The van der Waals surface area contributed by atoms with Crippen molar-refractivity contribution in [3.05, 3.63) is 29.3 Å². The lowest BCUT2D eigenvalue weighted by Gasteiger charge is -2.13. The largest absolute Gasteiger partial charge is 0.446 e. The highest BCUT2D eigenvalue weighted by Crippen LogP contribution is 2.39. The lowest BCUT2D eigenvalue weighted by molar-refractivity contribution is -0.0328. The number of nitrogens with zero attached hydrogens (tertiary/aromatic N) is 1. The second kappa shape index (κ2) is 6.44. The number of benzene rings is 1. The van der Waals surface area contributed by atoms with Crippen molar-refractivity contribution >= 4 is 33.5 Å². The molecule has 0 amide bonds. The van der Waals surface area contributed by atoms with Gasteiger partial charge in [-0.25, -0.2) is 0 Å². The molecular weight excluding hydrogens is 343 g/mol. The molecule has 0 aromatic heterocycles. The van der Waals surface area contributed by atoms with Crippen molar-refractivity contribution in [2.75, 3.05) is 0 Å². The van der Waals surface area contributed by atoms with Crippen LogP contribution in [-0.2, 0) is 6.42 Å². The molecule has 0 saturated carbocycles. The number of thioether (sulfide) groups is 1. The average molecular weight is 352 g/mol. The summed E-state index contributed by atoms with van der Waals surface area (Å²) in [4.78, 5) is 11.3. The maximum absolute atomic E-state index is 12.4. The van der Waals surface area contributed by atoms with Crippen LogP contribution in [0.2, 0.25) is 0 Å². The van der Waals surface area contributed by atoms with Crippen molar-refractivity contribution in [2.45, 2.75) is 28.6 Å². The smallest absolute Gasteiger partial charge is 0.293 e. The van der Waals surface area contributed by atoms with Gasteiger partial charge in [0, 0.05) is 10.5 Å². The zero-order valence-corrected chi connectivity index (χ0v) is 12.2. The van der Waals surface area contributed by atoms with E-state index in [1.54, 1.807) is 13.0 Å². The number of carbonyl (C=O) groups is 1. The molecule has 0 bridgehead atoms. The predicted molar refractivity (Wildman–Crippen MR) is 70.4 cm³/mol. The fourth-order valence-corrected chi connectivity index (χ4v) is 2.44. The Labute approximate surface area is 121 Å². The summed E-state index contributed by atoms with van der Waals surface area (Å²) >= 11 is 2.78. The molecule has 19 heavy (non-hydrogen) atoms. The molecule has 0 aliphatic carbocycles. The van der Waals surface area contributed by atoms with Crippen LogP contribution in [0, 0.1) is 11.3 Å². The molecule has 1 atom stereocenters. The summed E-state index contributed by atoms with van der Waals surface area (Å²) in [7, 11) is 0. The standard InChI is InChI=1S/C12H9BrF3NOS/c1-7(13)11(18)9-3-2-4-10(8(9)5-6-17)19-12(14,15)16/h2-4,7H,5H2,1H3. The van der Waals surface area contributed by atoms with Gasteiger partial charge in [0.1, 0.15) is 0 Å². The van der Waals surface area contributed by atoms with Crippen LogP contribution in [0.4, 0.5) is 13.2 Å². The summed E-state index contributed by atoms with van der Waals surface area (Å²) in [6.45, 7) is 1.59. The number of Topliss-reactive ketones (excluding diaryl/α,β-unsaturated/α-hetero) is 1. The number of halogens is 4. The first-order chi connectivity index (χ1) is 8.76. The highest BCUT2D eigenvalue weighted by molar-refractivity contribution is 9.10. The molecule has 0 fully saturated rings. The van der Waals surface area contributed by atoms with Crippen LogP contribution >= 0.6 is 27.7 Å². The minimum atomic E-state index is -4.45. The first-order valence-electron chi connectivity index (χ1n) is 5.19. The molecule has 1 unspecified atom stereocenters. The highest BCUT2D eigenvalue weighted by atomic mass is 79.9. The summed E-state index contributed by atoms with van der Waals surface area (Å²) in [6.07, 6.45) is -0.236. The molecule has 1 aromatic carbocycles. The third kappa shape index (κ3) is 4.55. The van der Waals surface area contributed by atoms with E-state index in [0.717, 1.165) is 0 Å². The number of hydrogen-bond acceptors (Lipinski definition) is 3. The Hall–Kier alpha value is -1.00. The molecule has 0 heterocycles. The highest BCUT2D eigenvalue weighted by Gasteiger charge is 2.31. The van der Waals surface area contributed by atoms with Crippen LogP contribution in [0.1, 0.15) is 22.8 Å². The Morgan fingerprint density at radius 1 is 1.53 bits per heavy atom. The zero-order valence-electron chi connectivity index (χ0n) is 9.79. The average Bonchev–Trinajstić information content (AvgIpc) is 2.28. The van der Waals surface area contributed by atoms with Gasteiger partial charge in [0.15, 0.2) is 5.78 Å². The Balaban J connectivity index is 3.30. The van der Waals surface area contributed by atoms with Gasteiger partial charge in [0.25, 0.3) is 0 Å². The normalized spacial score (nSPS) is 12.8. The molecule has 0 aliphatic heterocycles. The second-order valence-corrected chi connectivity index (χ2v) is 6.13. The Bertz CT molecular complexity index is 523. The first kappa shape index (κ1) is 16.1. The lowest BCUT2D eigenvalue weighted by atomic mass is 10.00. The number of alkyl halides is 4. The van der Waals surface area contributed by atoms with E-state index in [2.05, 4.69) is 15.9 Å². The summed E-state index contributed by atoms with van der Waals surface area (Å²) in [5.74, 6) is -0.338. The minimum Gasteiger partial charge on any atom is -0.293 e. The first-order valence-corrected chi connectivity index (χ1v) is 6.92. The van der Waals surface area contributed by atoms with Gasteiger partial charge in [0.2, 0.25) is 0 Å². The van der Waals surface area contributed by atoms with Gasteiger partial charge in [-0.1, -0.05) is 28.1 Å². The van der Waals surface area contributed by atoms with Gasteiger partial charge in [-0.05, 0) is 30.3 Å². The number of nitriles is 1. The Morgan fingerprint density at radius 3 is 2.63 bits per heavy atom. The second-order valence-electron chi connectivity index (χ2n) is 3.65. The van der Waals surface area contributed by atoms with E-state index >= 15 is 0 Å². The molecule has 0 spiro atoms. The monoisotopic (exact) mass is 351 g/mol. The van der Waals surface area contributed by atoms with Crippen LogP contribution < -0.4 is 0 Å². The Morgan fingerprint density at radius 2 is 2.16 bits per heavy atom. The third-order valence-electron chi connectivity index (χ3n) is 2.24. The van der Waals surface area contributed by atoms with E-state index in [1.165, 1.54) is 18.2 Å². The van der Waals surface area contributed by atoms with E-state index in [0.29, 0.717) is 0 Å². The van der Waals surface area contributed by atoms with Crippen LogP contribution in [0.15, 0.2) is 23.1 Å². The van der Waals surface area contributed by atoms with Crippen molar-refractivity contribution in [3.8, 4) is 6.07 Å². The van der Waals surface area contributed by atoms with Gasteiger partial charge in [-0.2, -0.15) is 18.4 Å². The quantitative estimate of drug-likeness (QED) is 0.460. The fourth-order valence-electron chi connectivity index (χ4n) is 1.49. The fraction of sp³-hybridized carbons (Fsp3) is 0.333. The predicted octanol–water partition coefficient (Wildman–Crippen LogP) is 4.33. The van der Waals surface area contributed by atoms with Crippen LogP contribution in [0.25, 0.3) is 0 Å². The summed E-state index contributed by atoms with van der Waals surface area (Å²) < 4.78 is 37.3. The molecular formula is C12H9BrF3NOS. The summed E-state index contributed by atoms with van der Waals surface area (Å²) in [5.41, 5.74) is -4.17. The molecule has 7 heteroatoms. The van der Waals surface area contributed by atoms with E-state index in [-0.39, 0.29) is 40.0 Å². The van der Waals surface area contributed by atoms with Crippen molar-refractivity contribution in [1.82, 2.24) is 0 Å². The van der Waals surface area contributed by atoms with Crippen LogP contribution in [0.3, 0.4) is 0 Å². The molecule has 1 aromatic rings. The maximum atomic E-state index is 12.4. The van der Waals surface area contributed by atoms with Gasteiger partial charge in [-0.3, -0.25) is 4.79 Å². The van der Waals surface area contributed by atoms with Crippen molar-refractivity contribution in [3.63, 3.8) is 0 Å². The number of hydrogen-bond donors (Lipinski definition) is 0. The topological polar surface area (TPSA) is 40.9 Å². The van der Waals surface area contributed by atoms with E-state index in [1.807, 2.05) is 0 Å². The molecule has 1 rings (SSSR count). The Kier molecular flexibility index (Phi) is 5.44. The molecule has 0 radical (unpaired) electrons. The van der Waals surface area contributed by atoms with Gasteiger partial charge in [-0.15, -0.1) is 0 Å². The number of carbonyl (C=O) groups excluding carboxylic acids is 1. The van der Waals surface area contributed by atoms with Crippen molar-refractivity contribution in [1.29, 1.82) is 5.26 Å². The van der Waals surface area contributed by atoms with Crippen molar-refractivity contribution < 1.29 is 18.0 Å². The molecule has 2 nitrogen and oxygen atoms in total. The summed E-state index contributed by atoms with van der Waals surface area (Å²) in [5, 5.41) is 8.72. The number of rotatable bonds is 4. The molecule has 102 valence electrons. The zero-order chi connectivity index (χ0) is 14.6. The van der Waals surface area contributed by atoms with Crippen LogP contribution in [0.5, 0.6) is 0 Å². The van der Waals surface area contributed by atoms with Gasteiger partial charge < -0.3 is 0 Å². The third-order valence-corrected chi connectivity index (χ3v) is 3.49. The summed E-state index contributed by atoms with van der Waals surface area (Å²) in [6, 6.07) is 5.88. The maximum Gasteiger partial charge on any atom is 0.446 e. The van der Waals surface area contributed by atoms with Crippen molar-refractivity contribution in [2.24, 2.45) is 0 Å².